The molecule has 1 aliphatic carbocycles. The monoisotopic (exact) mass is 391 g/mol. The smallest absolute Gasteiger partial charge is 0.253 e. The predicted octanol–water partition coefficient (Wildman–Crippen LogP) is 4.45. The number of benzene rings is 2. The van der Waals surface area contributed by atoms with Crippen LogP contribution in [0.3, 0.4) is 0 Å². The lowest BCUT2D eigenvalue weighted by atomic mass is 9.90. The average Bonchev–Trinajstić information content (AvgIpc) is 3.19. The van der Waals surface area contributed by atoms with Crippen molar-refractivity contribution in [1.29, 1.82) is 0 Å². The third kappa shape index (κ3) is 3.18. The lowest BCUT2D eigenvalue weighted by Gasteiger charge is -2.34. The number of aryl methyl sites for hydroxylation is 3. The van der Waals surface area contributed by atoms with Gasteiger partial charge in [0, 0.05) is 31.7 Å². The van der Waals surface area contributed by atoms with Crippen molar-refractivity contribution in [3.05, 3.63) is 58.7 Å². The van der Waals surface area contributed by atoms with Crippen LogP contribution in [0.25, 0.3) is 10.2 Å². The standard InChI is InChI=1S/C23H25N3OS/c1-16-5-4-8-20-21(16)24-23(28-20)26-13-11-25(12-14-26)22(27)19-10-9-17-6-2-3-7-18(17)15-19/h4-5,8-10,15H,2-3,6-7,11-14H2,1H3. The number of aromatic nitrogens is 1. The minimum atomic E-state index is 0.174. The van der Waals surface area contributed by atoms with E-state index < -0.39 is 0 Å². The number of fused-ring (bicyclic) bond motifs is 2. The van der Waals surface area contributed by atoms with Crippen LogP contribution in [0.2, 0.25) is 0 Å². The van der Waals surface area contributed by atoms with Gasteiger partial charge in [0.15, 0.2) is 5.13 Å². The first-order valence-corrected chi connectivity index (χ1v) is 11.0. The van der Waals surface area contributed by atoms with Gasteiger partial charge in [-0.15, -0.1) is 0 Å². The molecule has 4 nitrogen and oxygen atoms in total. The first kappa shape index (κ1) is 17.7. The molecule has 2 aliphatic rings. The Hall–Kier alpha value is -2.40. The van der Waals surface area contributed by atoms with Crippen molar-refractivity contribution in [3.8, 4) is 0 Å². The maximum atomic E-state index is 13.0. The molecule has 1 aromatic heterocycles. The van der Waals surface area contributed by atoms with Crippen LogP contribution in [0.5, 0.6) is 0 Å². The fourth-order valence-electron chi connectivity index (χ4n) is 4.36. The third-order valence-electron chi connectivity index (χ3n) is 6.04. The van der Waals surface area contributed by atoms with E-state index in [0.717, 1.165) is 55.2 Å². The lowest BCUT2D eigenvalue weighted by Crippen LogP contribution is -2.48. The third-order valence-corrected chi connectivity index (χ3v) is 7.12. The molecule has 0 atom stereocenters. The summed E-state index contributed by atoms with van der Waals surface area (Å²) in [5.74, 6) is 0.174. The maximum Gasteiger partial charge on any atom is 0.253 e. The molecular weight excluding hydrogens is 366 g/mol. The molecule has 0 N–H and O–H groups in total. The van der Waals surface area contributed by atoms with Gasteiger partial charge in [-0.3, -0.25) is 4.79 Å². The van der Waals surface area contributed by atoms with Crippen molar-refractivity contribution in [2.75, 3.05) is 31.1 Å². The van der Waals surface area contributed by atoms with Crippen molar-refractivity contribution in [1.82, 2.24) is 9.88 Å². The van der Waals surface area contributed by atoms with Gasteiger partial charge < -0.3 is 9.80 Å². The Bertz CT molecular complexity index is 1030. The van der Waals surface area contributed by atoms with Gasteiger partial charge in [-0.05, 0) is 67.5 Å². The molecule has 144 valence electrons. The molecule has 3 aromatic rings. The van der Waals surface area contributed by atoms with E-state index >= 15 is 0 Å². The van der Waals surface area contributed by atoms with Crippen LogP contribution < -0.4 is 4.90 Å². The van der Waals surface area contributed by atoms with Gasteiger partial charge in [0.05, 0.1) is 10.2 Å². The number of anilines is 1. The topological polar surface area (TPSA) is 36.4 Å². The Labute approximate surface area is 169 Å². The molecule has 5 heteroatoms. The zero-order valence-corrected chi connectivity index (χ0v) is 17.1. The Morgan fingerprint density at radius 3 is 2.57 bits per heavy atom. The van der Waals surface area contributed by atoms with Crippen molar-refractivity contribution in [2.45, 2.75) is 32.6 Å². The highest BCUT2D eigenvalue weighted by atomic mass is 32.1. The Balaban J connectivity index is 1.28. The quantitative estimate of drug-likeness (QED) is 0.648. The molecule has 0 unspecified atom stereocenters. The summed E-state index contributed by atoms with van der Waals surface area (Å²) in [4.78, 5) is 22.2. The van der Waals surface area contributed by atoms with E-state index in [0.29, 0.717) is 0 Å². The lowest BCUT2D eigenvalue weighted by molar-refractivity contribution is 0.0746. The number of rotatable bonds is 2. The van der Waals surface area contributed by atoms with Gasteiger partial charge >= 0.3 is 0 Å². The summed E-state index contributed by atoms with van der Waals surface area (Å²) >= 11 is 1.75. The van der Waals surface area contributed by atoms with Gasteiger partial charge in [-0.2, -0.15) is 0 Å². The highest BCUT2D eigenvalue weighted by molar-refractivity contribution is 7.22. The maximum absolute atomic E-state index is 13.0. The zero-order valence-electron chi connectivity index (χ0n) is 16.3. The van der Waals surface area contributed by atoms with Gasteiger partial charge in [0.25, 0.3) is 5.91 Å². The van der Waals surface area contributed by atoms with Crippen molar-refractivity contribution in [3.63, 3.8) is 0 Å². The molecule has 0 radical (unpaired) electrons. The highest BCUT2D eigenvalue weighted by Crippen LogP contribution is 2.31. The molecule has 1 aliphatic heterocycles. The Kier molecular flexibility index (Phi) is 4.55. The summed E-state index contributed by atoms with van der Waals surface area (Å²) in [6.45, 7) is 5.31. The van der Waals surface area contributed by atoms with Gasteiger partial charge in [-0.1, -0.05) is 29.5 Å². The molecule has 0 spiro atoms. The molecule has 0 bridgehead atoms. The van der Waals surface area contributed by atoms with Gasteiger partial charge in [0.2, 0.25) is 0 Å². The molecular formula is C23H25N3OS. The van der Waals surface area contributed by atoms with E-state index in [-0.39, 0.29) is 5.91 Å². The van der Waals surface area contributed by atoms with Crippen molar-refractivity contribution < 1.29 is 4.79 Å². The van der Waals surface area contributed by atoms with Crippen LogP contribution >= 0.6 is 11.3 Å². The average molecular weight is 392 g/mol. The van der Waals surface area contributed by atoms with Crippen LogP contribution in [-0.2, 0) is 12.8 Å². The van der Waals surface area contributed by atoms with Crippen molar-refractivity contribution >= 4 is 32.6 Å². The second kappa shape index (κ2) is 7.21. The summed E-state index contributed by atoms with van der Waals surface area (Å²) in [7, 11) is 0. The molecule has 28 heavy (non-hydrogen) atoms. The van der Waals surface area contributed by atoms with Crippen molar-refractivity contribution in [2.24, 2.45) is 0 Å². The highest BCUT2D eigenvalue weighted by Gasteiger charge is 2.24. The number of carbonyl (C=O) groups is 1. The van der Waals surface area contributed by atoms with E-state index in [1.807, 2.05) is 11.0 Å². The number of amides is 1. The summed E-state index contributed by atoms with van der Waals surface area (Å²) in [6, 6.07) is 12.7. The minimum Gasteiger partial charge on any atom is -0.345 e. The second-order valence-corrected chi connectivity index (χ2v) is 8.90. The van der Waals surface area contributed by atoms with E-state index in [1.54, 1.807) is 11.3 Å². The molecule has 1 saturated heterocycles. The van der Waals surface area contributed by atoms with Crippen LogP contribution in [0.15, 0.2) is 36.4 Å². The molecule has 2 aromatic carbocycles. The van der Waals surface area contributed by atoms with E-state index in [1.165, 1.54) is 34.2 Å². The van der Waals surface area contributed by atoms with Gasteiger partial charge in [-0.25, -0.2) is 4.98 Å². The zero-order chi connectivity index (χ0) is 19.1. The Morgan fingerprint density at radius 2 is 1.79 bits per heavy atom. The number of nitrogens with zero attached hydrogens (tertiary/aromatic N) is 3. The first-order chi connectivity index (χ1) is 13.7. The van der Waals surface area contributed by atoms with E-state index in [2.05, 4.69) is 42.2 Å². The van der Waals surface area contributed by atoms with Crippen LogP contribution in [0.4, 0.5) is 5.13 Å². The number of thiazole rings is 1. The minimum absolute atomic E-state index is 0.174. The fourth-order valence-corrected chi connectivity index (χ4v) is 5.45. The number of hydrogen-bond donors (Lipinski definition) is 0. The summed E-state index contributed by atoms with van der Waals surface area (Å²) in [6.07, 6.45) is 4.78. The summed E-state index contributed by atoms with van der Waals surface area (Å²) < 4.78 is 1.24. The molecule has 5 rings (SSSR count). The SMILES string of the molecule is Cc1cccc2sc(N3CCN(C(=O)c4ccc5c(c4)CCCC5)CC3)nc12. The number of para-hydroxylation sites is 1. The van der Waals surface area contributed by atoms with Crippen LogP contribution in [-0.4, -0.2) is 42.0 Å². The largest absolute Gasteiger partial charge is 0.345 e. The van der Waals surface area contributed by atoms with Crippen LogP contribution in [0.1, 0.15) is 39.9 Å². The number of hydrogen-bond acceptors (Lipinski definition) is 4. The van der Waals surface area contributed by atoms with E-state index in [4.69, 9.17) is 4.98 Å². The fraction of sp³-hybridized carbons (Fsp3) is 0.391. The first-order valence-electron chi connectivity index (χ1n) is 10.2. The van der Waals surface area contributed by atoms with Crippen LogP contribution in [0, 0.1) is 6.92 Å². The number of piperazine rings is 1. The summed E-state index contributed by atoms with van der Waals surface area (Å²) in [5.41, 5.74) is 5.99. The predicted molar refractivity (Wildman–Crippen MR) is 116 cm³/mol. The Morgan fingerprint density at radius 1 is 1.00 bits per heavy atom. The molecule has 1 fully saturated rings. The van der Waals surface area contributed by atoms with Gasteiger partial charge in [0.1, 0.15) is 0 Å². The van der Waals surface area contributed by atoms with E-state index in [9.17, 15) is 4.79 Å². The molecule has 0 saturated carbocycles. The number of carbonyl (C=O) groups excluding carboxylic acids is 1. The normalized spacial score (nSPS) is 17.0. The second-order valence-electron chi connectivity index (χ2n) is 7.89. The molecule has 1 amide bonds. The summed E-state index contributed by atoms with van der Waals surface area (Å²) in [5, 5.41) is 1.07. The molecule has 2 heterocycles.